The molecule has 0 fully saturated rings. The van der Waals surface area contributed by atoms with Crippen molar-refractivity contribution in [2.75, 3.05) is 26.0 Å². The third-order valence-electron chi connectivity index (χ3n) is 4.05. The Labute approximate surface area is 145 Å². The summed E-state index contributed by atoms with van der Waals surface area (Å²) >= 11 is 0. The first kappa shape index (κ1) is 17.0. The van der Waals surface area contributed by atoms with Crippen molar-refractivity contribution in [3.8, 4) is 0 Å². The average molecular weight is 341 g/mol. The second kappa shape index (κ2) is 7.35. The lowest BCUT2D eigenvalue weighted by Crippen LogP contribution is -2.23. The first-order valence-electron chi connectivity index (χ1n) is 8.19. The van der Waals surface area contributed by atoms with Crippen LogP contribution in [0.25, 0.3) is 21.9 Å². The van der Waals surface area contributed by atoms with Crippen LogP contribution in [-0.2, 0) is 17.7 Å². The summed E-state index contributed by atoms with van der Waals surface area (Å²) in [5.41, 5.74) is 19.5. The summed E-state index contributed by atoms with van der Waals surface area (Å²) in [6.45, 7) is 1.88. The Balaban J connectivity index is 2.10. The maximum absolute atomic E-state index is 6.15. The van der Waals surface area contributed by atoms with E-state index >= 15 is 0 Å². The summed E-state index contributed by atoms with van der Waals surface area (Å²) in [5.74, 6) is 1.47. The van der Waals surface area contributed by atoms with Crippen LogP contribution in [0.5, 0.6) is 0 Å². The van der Waals surface area contributed by atoms with Crippen LogP contribution in [0.2, 0.25) is 0 Å². The molecule has 0 saturated heterocycles. The molecule has 0 spiro atoms. The number of rotatable bonds is 7. The molecule has 0 unspecified atom stereocenters. The molecular weight excluding hydrogens is 318 g/mol. The van der Waals surface area contributed by atoms with Crippen LogP contribution in [0.15, 0.2) is 29.3 Å². The summed E-state index contributed by atoms with van der Waals surface area (Å²) in [6, 6.07) is 7.94. The minimum absolute atomic E-state index is 0.106. The molecule has 132 valence electrons. The van der Waals surface area contributed by atoms with Crippen molar-refractivity contribution >= 4 is 33.7 Å². The fourth-order valence-corrected chi connectivity index (χ4v) is 2.97. The lowest BCUT2D eigenvalue weighted by atomic mass is 10.2. The molecule has 6 N–H and O–H groups in total. The van der Waals surface area contributed by atoms with Gasteiger partial charge < -0.3 is 26.5 Å². The summed E-state index contributed by atoms with van der Waals surface area (Å²) in [5, 5.41) is 1.03. The van der Waals surface area contributed by atoms with Gasteiger partial charge in [-0.3, -0.25) is 4.99 Å². The van der Waals surface area contributed by atoms with E-state index in [1.807, 2.05) is 24.3 Å². The molecule has 25 heavy (non-hydrogen) atoms. The van der Waals surface area contributed by atoms with E-state index in [4.69, 9.17) is 26.9 Å². The summed E-state index contributed by atoms with van der Waals surface area (Å²) in [7, 11) is 1.68. The monoisotopic (exact) mass is 341 g/mol. The van der Waals surface area contributed by atoms with Crippen LogP contribution in [0.1, 0.15) is 12.2 Å². The number of para-hydroxylation sites is 1. The molecule has 0 bridgehead atoms. The molecule has 0 aliphatic heterocycles. The van der Waals surface area contributed by atoms with Gasteiger partial charge in [0.05, 0.1) is 17.6 Å². The van der Waals surface area contributed by atoms with E-state index in [9.17, 15) is 0 Å². The van der Waals surface area contributed by atoms with Gasteiger partial charge in [-0.15, -0.1) is 0 Å². The van der Waals surface area contributed by atoms with Crippen LogP contribution in [0, 0.1) is 0 Å². The fourth-order valence-electron chi connectivity index (χ4n) is 2.97. The van der Waals surface area contributed by atoms with E-state index in [0.717, 1.165) is 40.7 Å². The first-order valence-corrected chi connectivity index (χ1v) is 8.19. The molecule has 0 saturated carbocycles. The summed E-state index contributed by atoms with van der Waals surface area (Å²) < 4.78 is 7.39. The molecule has 8 heteroatoms. The number of imidazole rings is 1. The molecule has 0 amide bonds. The number of nitrogens with two attached hydrogens (primary N) is 3. The summed E-state index contributed by atoms with van der Waals surface area (Å²) in [4.78, 5) is 13.3. The molecule has 3 aromatic rings. The van der Waals surface area contributed by atoms with Gasteiger partial charge in [-0.05, 0) is 12.5 Å². The van der Waals surface area contributed by atoms with E-state index in [2.05, 4.69) is 14.5 Å². The van der Waals surface area contributed by atoms with Gasteiger partial charge in [0.1, 0.15) is 11.3 Å². The predicted octanol–water partition coefficient (Wildman–Crippen LogP) is 1.02. The van der Waals surface area contributed by atoms with Crippen LogP contribution in [0.3, 0.4) is 0 Å². The zero-order chi connectivity index (χ0) is 17.8. The van der Waals surface area contributed by atoms with Crippen molar-refractivity contribution in [3.05, 3.63) is 30.1 Å². The second-order valence-electron chi connectivity index (χ2n) is 5.79. The maximum atomic E-state index is 6.15. The quantitative estimate of drug-likeness (QED) is 0.334. The molecular formula is C17H23N7O. The Morgan fingerprint density at radius 3 is 2.80 bits per heavy atom. The average Bonchev–Trinajstić information content (AvgIpc) is 2.96. The lowest BCUT2D eigenvalue weighted by Gasteiger charge is -2.10. The van der Waals surface area contributed by atoms with Crippen molar-refractivity contribution in [2.24, 2.45) is 16.5 Å². The van der Waals surface area contributed by atoms with Crippen molar-refractivity contribution in [3.63, 3.8) is 0 Å². The smallest absolute Gasteiger partial charge is 0.185 e. The Hall–Kier alpha value is -2.87. The van der Waals surface area contributed by atoms with Crippen molar-refractivity contribution < 1.29 is 4.74 Å². The number of aryl methyl sites for hydroxylation is 1. The third kappa shape index (κ3) is 3.48. The van der Waals surface area contributed by atoms with Crippen LogP contribution < -0.4 is 17.2 Å². The number of ether oxygens (including phenoxy) is 1. The van der Waals surface area contributed by atoms with Gasteiger partial charge >= 0.3 is 0 Å². The molecule has 0 radical (unpaired) electrons. The minimum atomic E-state index is 0.106. The third-order valence-corrected chi connectivity index (χ3v) is 4.05. The molecule has 3 rings (SSSR count). The van der Waals surface area contributed by atoms with Gasteiger partial charge in [-0.2, -0.15) is 0 Å². The number of guanidine groups is 1. The van der Waals surface area contributed by atoms with E-state index in [1.165, 1.54) is 0 Å². The van der Waals surface area contributed by atoms with E-state index in [-0.39, 0.29) is 5.96 Å². The highest BCUT2D eigenvalue weighted by atomic mass is 16.5. The predicted molar refractivity (Wildman–Crippen MR) is 100 cm³/mol. The van der Waals surface area contributed by atoms with Gasteiger partial charge in [0.15, 0.2) is 11.8 Å². The zero-order valence-electron chi connectivity index (χ0n) is 14.3. The molecule has 2 heterocycles. The number of fused-ring (bicyclic) bond motifs is 3. The highest BCUT2D eigenvalue weighted by Crippen LogP contribution is 2.29. The molecule has 0 aliphatic rings. The number of benzene rings is 1. The van der Waals surface area contributed by atoms with Crippen molar-refractivity contribution in [2.45, 2.75) is 19.4 Å². The van der Waals surface area contributed by atoms with Gasteiger partial charge in [-0.25, -0.2) is 9.97 Å². The fraction of sp³-hybridized carbons (Fsp3) is 0.353. The molecule has 0 atom stereocenters. The normalized spacial score (nSPS) is 11.2. The van der Waals surface area contributed by atoms with E-state index < -0.39 is 0 Å². The standard InChI is InChI=1S/C17H23N7O/c1-25-10-7-13-23-14-15(24(13)9-4-8-21-17(19)20)11-5-2-3-6-12(11)22-16(14)18/h2-3,5-6H,4,7-10H2,1H3,(H2,18,22)(H4,19,20,21). The number of anilines is 1. The SMILES string of the molecule is COCCc1nc2c(N)nc3ccccc3c2n1CCCN=C(N)N. The number of aromatic nitrogens is 3. The molecule has 8 nitrogen and oxygen atoms in total. The largest absolute Gasteiger partial charge is 0.384 e. The zero-order valence-corrected chi connectivity index (χ0v) is 14.3. The Bertz CT molecular complexity index is 912. The van der Waals surface area contributed by atoms with Crippen LogP contribution >= 0.6 is 0 Å². The molecule has 1 aromatic carbocycles. The van der Waals surface area contributed by atoms with Crippen molar-refractivity contribution in [1.82, 2.24) is 14.5 Å². The number of pyridine rings is 1. The number of methoxy groups -OCH3 is 1. The molecule has 2 aromatic heterocycles. The van der Waals surface area contributed by atoms with Gasteiger partial charge in [0.2, 0.25) is 0 Å². The number of hydrogen-bond acceptors (Lipinski definition) is 5. The number of nitrogens with zero attached hydrogens (tertiary/aromatic N) is 4. The second-order valence-corrected chi connectivity index (χ2v) is 5.79. The van der Waals surface area contributed by atoms with Gasteiger partial charge in [-0.1, -0.05) is 18.2 Å². The topological polar surface area (TPSA) is 130 Å². The highest BCUT2D eigenvalue weighted by molar-refractivity contribution is 6.06. The summed E-state index contributed by atoms with van der Waals surface area (Å²) in [6.07, 6.45) is 1.49. The van der Waals surface area contributed by atoms with Gasteiger partial charge in [0.25, 0.3) is 0 Å². The van der Waals surface area contributed by atoms with Crippen LogP contribution in [-0.4, -0.2) is 40.8 Å². The lowest BCUT2D eigenvalue weighted by molar-refractivity contribution is 0.199. The number of nitrogen functional groups attached to an aromatic ring is 1. The Morgan fingerprint density at radius 1 is 1.24 bits per heavy atom. The Morgan fingerprint density at radius 2 is 2.04 bits per heavy atom. The van der Waals surface area contributed by atoms with Crippen LogP contribution in [0.4, 0.5) is 5.82 Å². The van der Waals surface area contributed by atoms with E-state index in [0.29, 0.717) is 25.4 Å². The van der Waals surface area contributed by atoms with E-state index in [1.54, 1.807) is 7.11 Å². The molecule has 0 aliphatic carbocycles. The Kier molecular flexibility index (Phi) is 4.99. The highest BCUT2D eigenvalue weighted by Gasteiger charge is 2.16. The minimum Gasteiger partial charge on any atom is -0.384 e. The number of aliphatic imine (C=N–C) groups is 1. The number of hydrogen-bond donors (Lipinski definition) is 3. The first-order chi connectivity index (χ1) is 12.1. The maximum Gasteiger partial charge on any atom is 0.185 e. The van der Waals surface area contributed by atoms with Crippen molar-refractivity contribution in [1.29, 1.82) is 0 Å². The van der Waals surface area contributed by atoms with Gasteiger partial charge in [0, 0.05) is 32.0 Å².